The standard InChI is InChI=1S/C16H26N4O3S/c1-24(22,23)19-9-8-16(21)18-13-14-6-7-15(17-12-14)20-10-4-2-3-5-11-20/h6-7,12,19H,2-5,8-11,13H2,1H3,(H,18,21). The van der Waals surface area contributed by atoms with E-state index in [4.69, 9.17) is 0 Å². The molecule has 2 rings (SSSR count). The van der Waals surface area contributed by atoms with Crippen LogP contribution in [0.4, 0.5) is 5.82 Å². The van der Waals surface area contributed by atoms with E-state index in [2.05, 4.69) is 19.9 Å². The van der Waals surface area contributed by atoms with E-state index in [1.165, 1.54) is 25.7 Å². The third-order valence-electron chi connectivity index (χ3n) is 3.95. The van der Waals surface area contributed by atoms with Crippen molar-refractivity contribution >= 4 is 21.7 Å². The molecule has 0 saturated carbocycles. The highest BCUT2D eigenvalue weighted by Gasteiger charge is 2.11. The van der Waals surface area contributed by atoms with Gasteiger partial charge in [0.05, 0.1) is 6.26 Å². The summed E-state index contributed by atoms with van der Waals surface area (Å²) in [5.74, 6) is 0.798. The van der Waals surface area contributed by atoms with E-state index >= 15 is 0 Å². The van der Waals surface area contributed by atoms with Gasteiger partial charge in [-0.25, -0.2) is 18.1 Å². The van der Waals surface area contributed by atoms with Gasteiger partial charge in [0.15, 0.2) is 0 Å². The molecule has 0 spiro atoms. The molecule has 0 radical (unpaired) electrons. The Kier molecular flexibility index (Phi) is 6.99. The molecule has 1 aliphatic rings. The maximum atomic E-state index is 11.7. The minimum absolute atomic E-state index is 0.108. The number of nitrogens with one attached hydrogen (secondary N) is 2. The van der Waals surface area contributed by atoms with Crippen LogP contribution in [-0.2, 0) is 21.4 Å². The summed E-state index contributed by atoms with van der Waals surface area (Å²) >= 11 is 0. The van der Waals surface area contributed by atoms with Crippen molar-refractivity contribution in [2.75, 3.05) is 30.8 Å². The number of anilines is 1. The van der Waals surface area contributed by atoms with Gasteiger partial charge in [-0.05, 0) is 24.5 Å². The highest BCUT2D eigenvalue weighted by atomic mass is 32.2. The topological polar surface area (TPSA) is 91.4 Å². The smallest absolute Gasteiger partial charge is 0.221 e. The van der Waals surface area contributed by atoms with Crippen LogP contribution >= 0.6 is 0 Å². The van der Waals surface area contributed by atoms with Crippen LogP contribution in [0, 0.1) is 0 Å². The van der Waals surface area contributed by atoms with E-state index in [0.717, 1.165) is 30.7 Å². The lowest BCUT2D eigenvalue weighted by Gasteiger charge is -2.21. The minimum Gasteiger partial charge on any atom is -0.357 e. The monoisotopic (exact) mass is 354 g/mol. The third kappa shape index (κ3) is 6.84. The van der Waals surface area contributed by atoms with Crippen molar-refractivity contribution in [3.05, 3.63) is 23.9 Å². The lowest BCUT2D eigenvalue weighted by atomic mass is 10.2. The number of hydrogen-bond acceptors (Lipinski definition) is 5. The summed E-state index contributed by atoms with van der Waals surface area (Å²) < 4.78 is 24.1. The molecule has 1 fully saturated rings. The van der Waals surface area contributed by atoms with Gasteiger partial charge in [0.1, 0.15) is 5.82 Å². The zero-order chi connectivity index (χ0) is 17.4. The highest BCUT2D eigenvalue weighted by Crippen LogP contribution is 2.17. The van der Waals surface area contributed by atoms with Gasteiger partial charge in [0.25, 0.3) is 0 Å². The number of hydrogen-bond donors (Lipinski definition) is 2. The second-order valence-corrected chi connectivity index (χ2v) is 7.95. The third-order valence-corrected chi connectivity index (χ3v) is 4.67. The van der Waals surface area contributed by atoms with Crippen molar-refractivity contribution in [1.82, 2.24) is 15.0 Å². The number of carbonyl (C=O) groups is 1. The normalized spacial score (nSPS) is 15.8. The van der Waals surface area contributed by atoms with Crippen LogP contribution in [0.15, 0.2) is 18.3 Å². The first-order chi connectivity index (χ1) is 11.4. The Hall–Kier alpha value is -1.67. The van der Waals surface area contributed by atoms with Gasteiger partial charge in [-0.1, -0.05) is 18.9 Å². The van der Waals surface area contributed by atoms with Crippen LogP contribution in [0.3, 0.4) is 0 Å². The molecule has 24 heavy (non-hydrogen) atoms. The van der Waals surface area contributed by atoms with Crippen LogP contribution in [0.5, 0.6) is 0 Å². The summed E-state index contributed by atoms with van der Waals surface area (Å²) in [6, 6.07) is 3.97. The molecular formula is C16H26N4O3S. The largest absolute Gasteiger partial charge is 0.357 e. The zero-order valence-electron chi connectivity index (χ0n) is 14.1. The first kappa shape index (κ1) is 18.7. The van der Waals surface area contributed by atoms with Crippen molar-refractivity contribution in [2.24, 2.45) is 0 Å². The number of nitrogens with zero attached hydrogens (tertiary/aromatic N) is 2. The van der Waals surface area contributed by atoms with Crippen LogP contribution in [0.25, 0.3) is 0 Å². The molecule has 134 valence electrons. The van der Waals surface area contributed by atoms with Gasteiger partial charge in [-0.3, -0.25) is 4.79 Å². The summed E-state index contributed by atoms with van der Waals surface area (Å²) in [5, 5.41) is 2.77. The summed E-state index contributed by atoms with van der Waals surface area (Å²) in [5.41, 5.74) is 0.929. The first-order valence-corrected chi connectivity index (χ1v) is 10.2. The SMILES string of the molecule is CS(=O)(=O)NCCC(=O)NCc1ccc(N2CCCCCC2)nc1. The number of pyridine rings is 1. The molecule has 7 nitrogen and oxygen atoms in total. The van der Waals surface area contributed by atoms with Crippen molar-refractivity contribution in [3.8, 4) is 0 Å². The van der Waals surface area contributed by atoms with E-state index < -0.39 is 10.0 Å². The quantitative estimate of drug-likeness (QED) is 0.763. The van der Waals surface area contributed by atoms with E-state index in [9.17, 15) is 13.2 Å². The Morgan fingerprint density at radius 2 is 1.92 bits per heavy atom. The molecule has 0 atom stereocenters. The molecule has 1 aromatic heterocycles. The maximum Gasteiger partial charge on any atom is 0.221 e. The fourth-order valence-electron chi connectivity index (χ4n) is 2.65. The minimum atomic E-state index is -3.25. The Labute approximate surface area is 143 Å². The molecular weight excluding hydrogens is 328 g/mol. The Morgan fingerprint density at radius 1 is 1.21 bits per heavy atom. The highest BCUT2D eigenvalue weighted by molar-refractivity contribution is 7.88. The summed E-state index contributed by atoms with van der Waals surface area (Å²) in [6.45, 7) is 2.61. The number of sulfonamides is 1. The molecule has 2 heterocycles. The fourth-order valence-corrected chi connectivity index (χ4v) is 3.12. The average Bonchev–Trinajstić information content (AvgIpc) is 2.81. The van der Waals surface area contributed by atoms with Crippen LogP contribution in [0.1, 0.15) is 37.7 Å². The molecule has 1 saturated heterocycles. The average molecular weight is 354 g/mol. The molecule has 2 N–H and O–H groups in total. The molecule has 0 aliphatic carbocycles. The van der Waals surface area contributed by atoms with Gasteiger partial charge in [-0.2, -0.15) is 0 Å². The summed E-state index contributed by atoms with van der Waals surface area (Å²) in [7, 11) is -3.25. The number of rotatable bonds is 7. The van der Waals surface area contributed by atoms with E-state index in [-0.39, 0.29) is 18.9 Å². The van der Waals surface area contributed by atoms with Crippen LogP contribution in [0.2, 0.25) is 0 Å². The predicted molar refractivity (Wildman–Crippen MR) is 94.2 cm³/mol. The van der Waals surface area contributed by atoms with Gasteiger partial charge in [0.2, 0.25) is 15.9 Å². The van der Waals surface area contributed by atoms with Gasteiger partial charge >= 0.3 is 0 Å². The molecule has 0 unspecified atom stereocenters. The van der Waals surface area contributed by atoms with Gasteiger partial charge in [-0.15, -0.1) is 0 Å². The first-order valence-electron chi connectivity index (χ1n) is 8.35. The van der Waals surface area contributed by atoms with Gasteiger partial charge < -0.3 is 10.2 Å². The van der Waals surface area contributed by atoms with E-state index in [1.807, 2.05) is 12.1 Å². The predicted octanol–water partition coefficient (Wildman–Crippen LogP) is 1.02. The Bertz CT molecular complexity index is 623. The van der Waals surface area contributed by atoms with Crippen molar-refractivity contribution in [2.45, 2.75) is 38.6 Å². The summed E-state index contributed by atoms with van der Waals surface area (Å²) in [6.07, 6.45) is 7.97. The number of carbonyl (C=O) groups excluding carboxylic acids is 1. The zero-order valence-corrected chi connectivity index (χ0v) is 14.9. The lowest BCUT2D eigenvalue weighted by Crippen LogP contribution is -2.30. The molecule has 8 heteroatoms. The number of amides is 1. The Morgan fingerprint density at radius 3 is 2.50 bits per heavy atom. The van der Waals surface area contributed by atoms with E-state index in [0.29, 0.717) is 6.54 Å². The van der Waals surface area contributed by atoms with Crippen LogP contribution in [-0.4, -0.2) is 45.2 Å². The van der Waals surface area contributed by atoms with E-state index in [1.54, 1.807) is 6.20 Å². The van der Waals surface area contributed by atoms with Gasteiger partial charge in [0, 0.05) is 38.8 Å². The second kappa shape index (κ2) is 8.98. The lowest BCUT2D eigenvalue weighted by molar-refractivity contribution is -0.121. The molecule has 1 aliphatic heterocycles. The number of aromatic nitrogens is 1. The molecule has 0 aromatic carbocycles. The maximum absolute atomic E-state index is 11.7. The van der Waals surface area contributed by atoms with Crippen molar-refractivity contribution in [1.29, 1.82) is 0 Å². The summed E-state index contributed by atoms with van der Waals surface area (Å²) in [4.78, 5) is 18.5. The molecule has 1 aromatic rings. The van der Waals surface area contributed by atoms with Crippen molar-refractivity contribution < 1.29 is 13.2 Å². The molecule has 0 bridgehead atoms. The Balaban J connectivity index is 1.76. The molecule has 1 amide bonds. The fraction of sp³-hybridized carbons (Fsp3) is 0.625. The van der Waals surface area contributed by atoms with Crippen molar-refractivity contribution in [3.63, 3.8) is 0 Å². The second-order valence-electron chi connectivity index (χ2n) is 6.12. The van der Waals surface area contributed by atoms with Crippen LogP contribution < -0.4 is 14.9 Å².